The van der Waals surface area contributed by atoms with Crippen molar-refractivity contribution in [1.29, 1.82) is 0 Å². The van der Waals surface area contributed by atoms with Crippen LogP contribution in [0.15, 0.2) is 0 Å². The first-order valence-electron chi connectivity index (χ1n) is 9.12. The van der Waals surface area contributed by atoms with E-state index in [-0.39, 0.29) is 22.3 Å². The number of nitrogens with zero attached hydrogens (tertiary/aromatic N) is 1. The minimum Gasteiger partial charge on any atom is -0.598 e. The summed E-state index contributed by atoms with van der Waals surface area (Å²) >= 11 is -1.22. The monoisotopic (exact) mass is 376 g/mol. The maximum Gasteiger partial charge on any atom is 0.410 e. The van der Waals surface area contributed by atoms with Crippen LogP contribution in [0.2, 0.25) is 0 Å². The molecule has 0 bridgehead atoms. The molecule has 1 saturated carbocycles. The highest BCUT2D eigenvalue weighted by Gasteiger charge is 2.52. The van der Waals surface area contributed by atoms with E-state index in [1.54, 1.807) is 4.90 Å². The molecule has 25 heavy (non-hydrogen) atoms. The lowest BCUT2D eigenvalue weighted by molar-refractivity contribution is 0.00761. The normalized spacial score (nSPS) is 28.2. The number of carbonyl (C=O) groups is 1. The van der Waals surface area contributed by atoms with Crippen LogP contribution < -0.4 is 4.72 Å². The molecule has 5 nitrogen and oxygen atoms in total. The summed E-state index contributed by atoms with van der Waals surface area (Å²) in [6.07, 6.45) is 1.13. The van der Waals surface area contributed by atoms with Crippen molar-refractivity contribution in [3.8, 4) is 0 Å². The molecule has 146 valence electrons. The maximum absolute atomic E-state index is 14.2. The van der Waals surface area contributed by atoms with Crippen LogP contribution in [0.4, 0.5) is 9.18 Å². The second-order valence-corrected chi connectivity index (χ2v) is 11.4. The van der Waals surface area contributed by atoms with Crippen molar-refractivity contribution >= 4 is 17.5 Å². The fraction of sp³-hybridized carbons (Fsp3) is 0.944. The first-order valence-corrected chi connectivity index (χ1v) is 10.3. The molecule has 1 aliphatic carbocycles. The summed E-state index contributed by atoms with van der Waals surface area (Å²) in [6, 6.07) is -0.108. The number of nitrogens with one attached hydrogen (secondary N) is 1. The van der Waals surface area contributed by atoms with E-state index in [1.807, 2.05) is 41.5 Å². The summed E-state index contributed by atoms with van der Waals surface area (Å²) in [5.74, 6) is 0. The van der Waals surface area contributed by atoms with E-state index >= 15 is 0 Å². The Morgan fingerprint density at radius 3 is 2.28 bits per heavy atom. The Hall–Kier alpha value is -0.530. The number of ether oxygens (including phenoxy) is 1. The molecule has 1 unspecified atom stereocenters. The summed E-state index contributed by atoms with van der Waals surface area (Å²) in [4.78, 5) is 13.9. The maximum atomic E-state index is 14.2. The molecule has 1 N–H and O–H groups in total. The van der Waals surface area contributed by atoms with E-state index in [1.165, 1.54) is 0 Å². The quantitative estimate of drug-likeness (QED) is 0.749. The smallest absolute Gasteiger partial charge is 0.410 e. The summed E-state index contributed by atoms with van der Waals surface area (Å²) in [5.41, 5.74) is -0.740. The third-order valence-electron chi connectivity index (χ3n) is 5.08. The van der Waals surface area contributed by atoms with Crippen LogP contribution in [-0.2, 0) is 16.1 Å². The Morgan fingerprint density at radius 1 is 1.24 bits per heavy atom. The van der Waals surface area contributed by atoms with E-state index in [0.717, 1.165) is 0 Å². The molecule has 0 aromatic heterocycles. The topological polar surface area (TPSA) is 64.6 Å². The fourth-order valence-electron chi connectivity index (χ4n) is 3.67. The Balaban J connectivity index is 2.00. The predicted octanol–water partition coefficient (Wildman–Crippen LogP) is 3.56. The molecule has 0 aromatic rings. The zero-order valence-corrected chi connectivity index (χ0v) is 17.2. The predicted molar refractivity (Wildman–Crippen MR) is 98.4 cm³/mol. The van der Waals surface area contributed by atoms with Crippen molar-refractivity contribution in [3.05, 3.63) is 0 Å². The molecule has 1 spiro atoms. The van der Waals surface area contributed by atoms with E-state index in [4.69, 9.17) is 4.74 Å². The molecular weight excluding hydrogens is 343 g/mol. The van der Waals surface area contributed by atoms with E-state index in [0.29, 0.717) is 38.8 Å². The summed E-state index contributed by atoms with van der Waals surface area (Å²) in [6.45, 7) is 12.4. The van der Waals surface area contributed by atoms with Gasteiger partial charge in [-0.3, -0.25) is 0 Å². The number of hydrogen-bond acceptors (Lipinski definition) is 4. The van der Waals surface area contributed by atoms with Crippen LogP contribution in [-0.4, -0.2) is 51.2 Å². The van der Waals surface area contributed by atoms with Crippen molar-refractivity contribution in [3.63, 3.8) is 0 Å². The summed E-state index contributed by atoms with van der Waals surface area (Å²) < 4.78 is 34.9. The van der Waals surface area contributed by atoms with Gasteiger partial charge in [0.1, 0.15) is 16.5 Å². The van der Waals surface area contributed by atoms with Crippen molar-refractivity contribution in [2.75, 3.05) is 13.1 Å². The Kier molecular flexibility index (Phi) is 6.01. The lowest BCUT2D eigenvalue weighted by Crippen LogP contribution is -2.54. The molecule has 1 saturated heterocycles. The SMILES string of the molecule is CC(C)(C)OC(=O)N1CCC2(CC1)C[C@H](F)C[C@H]2N[S+]([O-])C(C)(C)C. The first kappa shape index (κ1) is 20.8. The zero-order chi connectivity index (χ0) is 19.0. The standard InChI is InChI=1S/C18H33FN2O3S/c1-16(2,3)24-15(22)21-9-7-18(8-10-21)12-13(19)11-14(18)20-25(23)17(4,5)6/h13-14,20H,7-12H2,1-6H3/t13-,14-,25?/m1/s1. The molecule has 2 rings (SSSR count). The number of amides is 1. The fourth-order valence-corrected chi connectivity index (χ4v) is 4.62. The van der Waals surface area contributed by atoms with Crippen LogP contribution in [0.5, 0.6) is 0 Å². The highest BCUT2D eigenvalue weighted by atomic mass is 32.2. The van der Waals surface area contributed by atoms with Crippen molar-refractivity contribution in [2.24, 2.45) is 5.41 Å². The third kappa shape index (κ3) is 5.23. The van der Waals surface area contributed by atoms with Gasteiger partial charge in [-0.2, -0.15) is 0 Å². The molecule has 1 heterocycles. The molecule has 2 fully saturated rings. The number of carbonyl (C=O) groups excluding carboxylic acids is 1. The van der Waals surface area contributed by atoms with E-state index < -0.39 is 23.1 Å². The van der Waals surface area contributed by atoms with Crippen LogP contribution in [0, 0.1) is 5.41 Å². The highest BCUT2D eigenvalue weighted by Crippen LogP contribution is 2.48. The second kappa shape index (κ2) is 7.24. The Labute approximate surface area is 154 Å². The zero-order valence-electron chi connectivity index (χ0n) is 16.4. The van der Waals surface area contributed by atoms with Gasteiger partial charge in [-0.1, -0.05) is 0 Å². The molecule has 3 atom stereocenters. The van der Waals surface area contributed by atoms with Crippen molar-refractivity contribution in [1.82, 2.24) is 9.62 Å². The van der Waals surface area contributed by atoms with Gasteiger partial charge in [0.15, 0.2) is 0 Å². The number of rotatable bonds is 2. The van der Waals surface area contributed by atoms with Crippen molar-refractivity contribution in [2.45, 2.75) is 89.8 Å². The lowest BCUT2D eigenvalue weighted by atomic mass is 9.74. The summed E-state index contributed by atoms with van der Waals surface area (Å²) in [7, 11) is 0. The first-order chi connectivity index (χ1) is 11.3. The lowest BCUT2D eigenvalue weighted by Gasteiger charge is -2.43. The van der Waals surface area contributed by atoms with E-state index in [2.05, 4.69) is 4.72 Å². The third-order valence-corrected chi connectivity index (χ3v) is 6.69. The minimum atomic E-state index is -1.22. The molecule has 1 aliphatic heterocycles. The average Bonchev–Trinajstić information content (AvgIpc) is 2.72. The van der Waals surface area contributed by atoms with Gasteiger partial charge in [-0.15, -0.1) is 4.72 Å². The van der Waals surface area contributed by atoms with Gasteiger partial charge in [0, 0.05) is 24.5 Å². The van der Waals surface area contributed by atoms with Gasteiger partial charge >= 0.3 is 6.09 Å². The van der Waals surface area contributed by atoms with Gasteiger partial charge in [-0.05, 0) is 72.6 Å². The average molecular weight is 377 g/mol. The van der Waals surface area contributed by atoms with Gasteiger partial charge in [-0.25, -0.2) is 9.18 Å². The Morgan fingerprint density at radius 2 is 1.80 bits per heavy atom. The number of hydrogen-bond donors (Lipinski definition) is 1. The van der Waals surface area contributed by atoms with E-state index in [9.17, 15) is 13.7 Å². The minimum absolute atomic E-state index is 0.108. The number of alkyl halides is 1. The molecule has 2 aliphatic rings. The molecule has 1 amide bonds. The van der Waals surface area contributed by atoms with Gasteiger partial charge in [0.05, 0.1) is 6.04 Å². The van der Waals surface area contributed by atoms with Gasteiger partial charge < -0.3 is 14.2 Å². The summed E-state index contributed by atoms with van der Waals surface area (Å²) in [5, 5.41) is 0. The molecule has 0 aromatic carbocycles. The molecule has 0 radical (unpaired) electrons. The second-order valence-electron chi connectivity index (χ2n) is 9.42. The Bertz CT molecular complexity index is 482. The van der Waals surface area contributed by atoms with Crippen LogP contribution in [0.1, 0.15) is 67.2 Å². The number of piperidine rings is 1. The number of halogens is 1. The van der Waals surface area contributed by atoms with Crippen molar-refractivity contribution < 1.29 is 18.5 Å². The van der Waals surface area contributed by atoms with Crippen LogP contribution in [0.25, 0.3) is 0 Å². The molecular formula is C18H33FN2O3S. The molecule has 7 heteroatoms. The highest BCUT2D eigenvalue weighted by molar-refractivity contribution is 7.90. The number of likely N-dealkylation sites (tertiary alicyclic amines) is 1. The van der Waals surface area contributed by atoms with Gasteiger partial charge in [0.2, 0.25) is 0 Å². The van der Waals surface area contributed by atoms with Crippen LogP contribution >= 0.6 is 0 Å². The van der Waals surface area contributed by atoms with Gasteiger partial charge in [0.25, 0.3) is 0 Å². The largest absolute Gasteiger partial charge is 0.598 e. The van der Waals surface area contributed by atoms with Crippen LogP contribution in [0.3, 0.4) is 0 Å².